The number of hydrogen-bond donors (Lipinski definition) is 1. The van der Waals surface area contributed by atoms with E-state index in [1.165, 1.54) is 6.42 Å². The summed E-state index contributed by atoms with van der Waals surface area (Å²) >= 11 is 0. The third-order valence-corrected chi connectivity index (χ3v) is 5.92. The number of hydrogen-bond acceptors (Lipinski definition) is 2. The number of aliphatic hydroxyl groups excluding tert-OH is 1. The maximum atomic E-state index is 11.7. The number of rotatable bonds is 0. The SMILES string of the molecule is C[C@@]12C(O)CC[C@@H]1C1C3C(=O)C[C@@H]2[C@H]31. The first-order chi connectivity index (χ1) is 6.65. The van der Waals surface area contributed by atoms with Gasteiger partial charge in [-0.15, -0.1) is 0 Å². The second-order valence-electron chi connectivity index (χ2n) is 6.02. The summed E-state index contributed by atoms with van der Waals surface area (Å²) < 4.78 is 0. The molecule has 0 saturated heterocycles. The van der Waals surface area contributed by atoms with Crippen LogP contribution in [0.1, 0.15) is 26.2 Å². The molecule has 4 rings (SSSR count). The molecule has 4 fully saturated rings. The van der Waals surface area contributed by atoms with E-state index in [9.17, 15) is 9.90 Å². The van der Waals surface area contributed by atoms with E-state index < -0.39 is 0 Å². The van der Waals surface area contributed by atoms with Gasteiger partial charge in [0, 0.05) is 17.8 Å². The van der Waals surface area contributed by atoms with Gasteiger partial charge in [-0.05, 0) is 36.5 Å². The second kappa shape index (κ2) is 1.95. The van der Waals surface area contributed by atoms with Crippen LogP contribution in [0.3, 0.4) is 0 Å². The van der Waals surface area contributed by atoms with Crippen molar-refractivity contribution in [3.63, 3.8) is 0 Å². The quantitative estimate of drug-likeness (QED) is 0.626. The molecule has 0 aromatic heterocycles. The standard InChI is InChI=1S/C12H16O2/c1-12-5(2-3-8(12)14)9-10-6(12)4-7(13)11(9)10/h5-6,8-11,14H,2-4H2,1H3/t5-,6-,8?,9?,10+,11?,12-/m1/s1. The summed E-state index contributed by atoms with van der Waals surface area (Å²) in [5.41, 5.74) is 0.109. The molecule has 2 nitrogen and oxygen atoms in total. The van der Waals surface area contributed by atoms with Crippen LogP contribution in [0, 0.1) is 35.0 Å². The molecule has 7 atom stereocenters. The number of carbonyl (C=O) groups excluding carboxylic acids is 1. The molecule has 14 heavy (non-hydrogen) atoms. The molecule has 4 aliphatic rings. The monoisotopic (exact) mass is 192 g/mol. The number of ketones is 1. The summed E-state index contributed by atoms with van der Waals surface area (Å²) in [5.74, 6) is 3.52. The molecule has 3 unspecified atom stereocenters. The van der Waals surface area contributed by atoms with Crippen molar-refractivity contribution in [2.45, 2.75) is 32.3 Å². The first-order valence-corrected chi connectivity index (χ1v) is 5.86. The fourth-order valence-electron chi connectivity index (χ4n) is 5.28. The Kier molecular flexibility index (Phi) is 1.09. The molecular weight excluding hydrogens is 176 g/mol. The predicted octanol–water partition coefficient (Wildman–Crippen LogP) is 1.23. The Morgan fingerprint density at radius 1 is 1.29 bits per heavy atom. The summed E-state index contributed by atoms with van der Waals surface area (Å²) in [6, 6.07) is 0. The van der Waals surface area contributed by atoms with E-state index in [-0.39, 0.29) is 11.5 Å². The molecule has 76 valence electrons. The maximum Gasteiger partial charge on any atom is 0.136 e. The van der Waals surface area contributed by atoms with E-state index in [4.69, 9.17) is 0 Å². The minimum absolute atomic E-state index is 0.109. The first-order valence-electron chi connectivity index (χ1n) is 5.86. The highest BCUT2D eigenvalue weighted by Crippen LogP contribution is 2.78. The van der Waals surface area contributed by atoms with Gasteiger partial charge >= 0.3 is 0 Å². The predicted molar refractivity (Wildman–Crippen MR) is 50.4 cm³/mol. The van der Waals surface area contributed by atoms with Crippen molar-refractivity contribution in [2.24, 2.45) is 35.0 Å². The van der Waals surface area contributed by atoms with E-state index in [2.05, 4.69) is 6.92 Å². The van der Waals surface area contributed by atoms with E-state index in [1.807, 2.05) is 0 Å². The van der Waals surface area contributed by atoms with Gasteiger partial charge in [0.15, 0.2) is 0 Å². The van der Waals surface area contributed by atoms with Crippen molar-refractivity contribution in [3.8, 4) is 0 Å². The lowest BCUT2D eigenvalue weighted by Crippen LogP contribution is -2.36. The van der Waals surface area contributed by atoms with Gasteiger partial charge < -0.3 is 5.11 Å². The highest BCUT2D eigenvalue weighted by molar-refractivity contribution is 5.88. The minimum Gasteiger partial charge on any atom is -0.393 e. The second-order valence-corrected chi connectivity index (χ2v) is 6.02. The normalized spacial score (nSPS) is 68.3. The van der Waals surface area contributed by atoms with Gasteiger partial charge in [0.25, 0.3) is 0 Å². The van der Waals surface area contributed by atoms with Crippen molar-refractivity contribution in [1.29, 1.82) is 0 Å². The molecular formula is C12H16O2. The van der Waals surface area contributed by atoms with Crippen LogP contribution in [0.15, 0.2) is 0 Å². The van der Waals surface area contributed by atoms with E-state index in [0.29, 0.717) is 35.4 Å². The Balaban J connectivity index is 1.83. The fraction of sp³-hybridized carbons (Fsp3) is 0.917. The van der Waals surface area contributed by atoms with Crippen LogP contribution in [-0.2, 0) is 4.79 Å². The molecule has 1 N–H and O–H groups in total. The van der Waals surface area contributed by atoms with Crippen LogP contribution in [0.2, 0.25) is 0 Å². The molecule has 4 aliphatic carbocycles. The third kappa shape index (κ3) is 0.556. The summed E-state index contributed by atoms with van der Waals surface area (Å²) in [5, 5.41) is 10.1. The van der Waals surface area contributed by atoms with Crippen molar-refractivity contribution in [1.82, 2.24) is 0 Å². The number of fused-ring (bicyclic) bond motifs is 4. The Morgan fingerprint density at radius 3 is 2.79 bits per heavy atom. The molecule has 0 bridgehead atoms. The van der Waals surface area contributed by atoms with Crippen LogP contribution >= 0.6 is 0 Å². The van der Waals surface area contributed by atoms with Crippen molar-refractivity contribution in [3.05, 3.63) is 0 Å². The molecule has 4 saturated carbocycles. The summed E-state index contributed by atoms with van der Waals surface area (Å²) in [7, 11) is 0. The number of aliphatic hydroxyl groups is 1. The van der Waals surface area contributed by atoms with Gasteiger partial charge in [0.05, 0.1) is 6.10 Å². The van der Waals surface area contributed by atoms with Gasteiger partial charge in [-0.3, -0.25) is 4.79 Å². The fourth-order valence-corrected chi connectivity index (χ4v) is 5.28. The van der Waals surface area contributed by atoms with Gasteiger partial charge in [-0.1, -0.05) is 6.92 Å². The van der Waals surface area contributed by atoms with Crippen LogP contribution in [0.4, 0.5) is 0 Å². The molecule has 2 heteroatoms. The molecule has 0 aliphatic heterocycles. The van der Waals surface area contributed by atoms with Crippen LogP contribution in [-0.4, -0.2) is 17.0 Å². The summed E-state index contributed by atoms with van der Waals surface area (Å²) in [4.78, 5) is 11.7. The van der Waals surface area contributed by atoms with Gasteiger partial charge in [-0.2, -0.15) is 0 Å². The number of Topliss-reactive ketones (excluding diaryl/α,β-unsaturated/α-hetero) is 1. The van der Waals surface area contributed by atoms with Crippen molar-refractivity contribution in [2.75, 3.05) is 0 Å². The molecule has 0 radical (unpaired) electrons. The van der Waals surface area contributed by atoms with E-state index in [0.717, 1.165) is 12.8 Å². The Labute approximate surface area is 83.7 Å². The first kappa shape index (κ1) is 7.86. The van der Waals surface area contributed by atoms with Crippen molar-refractivity contribution >= 4 is 5.78 Å². The largest absolute Gasteiger partial charge is 0.393 e. The summed E-state index contributed by atoms with van der Waals surface area (Å²) in [6.45, 7) is 2.24. The minimum atomic E-state index is -0.128. The summed E-state index contributed by atoms with van der Waals surface area (Å²) in [6.07, 6.45) is 2.79. The van der Waals surface area contributed by atoms with E-state index >= 15 is 0 Å². The Morgan fingerprint density at radius 2 is 2.00 bits per heavy atom. The van der Waals surface area contributed by atoms with Crippen LogP contribution in [0.5, 0.6) is 0 Å². The highest BCUT2D eigenvalue weighted by atomic mass is 16.3. The van der Waals surface area contributed by atoms with Crippen LogP contribution < -0.4 is 0 Å². The van der Waals surface area contributed by atoms with Crippen molar-refractivity contribution < 1.29 is 9.90 Å². The zero-order valence-electron chi connectivity index (χ0n) is 8.44. The Bertz CT molecular complexity index is 337. The lowest BCUT2D eigenvalue weighted by Gasteiger charge is -2.35. The van der Waals surface area contributed by atoms with Gasteiger partial charge in [-0.25, -0.2) is 0 Å². The lowest BCUT2D eigenvalue weighted by molar-refractivity contribution is -0.119. The van der Waals surface area contributed by atoms with E-state index in [1.54, 1.807) is 0 Å². The molecule has 0 spiro atoms. The highest BCUT2D eigenvalue weighted by Gasteiger charge is 2.78. The zero-order valence-corrected chi connectivity index (χ0v) is 8.44. The average molecular weight is 192 g/mol. The molecule has 0 heterocycles. The number of carbonyl (C=O) groups is 1. The maximum absolute atomic E-state index is 11.7. The average Bonchev–Trinajstić information content (AvgIpc) is 2.59. The van der Waals surface area contributed by atoms with Gasteiger partial charge in [0.1, 0.15) is 5.78 Å². The van der Waals surface area contributed by atoms with Gasteiger partial charge in [0.2, 0.25) is 0 Å². The Hall–Kier alpha value is -0.370. The molecule has 0 aromatic rings. The topological polar surface area (TPSA) is 37.3 Å². The van der Waals surface area contributed by atoms with Crippen LogP contribution in [0.25, 0.3) is 0 Å². The lowest BCUT2D eigenvalue weighted by atomic mass is 9.71. The third-order valence-electron chi connectivity index (χ3n) is 5.92. The molecule has 0 amide bonds. The zero-order chi connectivity index (χ0) is 9.66. The smallest absolute Gasteiger partial charge is 0.136 e. The molecule has 0 aromatic carbocycles.